The van der Waals surface area contributed by atoms with Crippen molar-refractivity contribution in [3.05, 3.63) is 33.9 Å². The molecule has 94 valence electrons. The second-order valence-electron chi connectivity index (χ2n) is 4.13. The Morgan fingerprint density at radius 2 is 2.39 bits per heavy atom. The van der Waals surface area contributed by atoms with Crippen LogP contribution in [0.3, 0.4) is 0 Å². The summed E-state index contributed by atoms with van der Waals surface area (Å²) in [6.07, 6.45) is -0.530. The second kappa shape index (κ2) is 5.02. The van der Waals surface area contributed by atoms with Crippen molar-refractivity contribution in [3.8, 4) is 6.07 Å². The van der Waals surface area contributed by atoms with Gasteiger partial charge in [-0.3, -0.25) is 10.1 Å². The summed E-state index contributed by atoms with van der Waals surface area (Å²) in [6, 6.07) is 7.02. The fourth-order valence-electron chi connectivity index (χ4n) is 2.13. The average Bonchev–Trinajstić information content (AvgIpc) is 2.38. The lowest BCUT2D eigenvalue weighted by Crippen LogP contribution is -2.42. The normalized spacial score (nSPS) is 19.3. The maximum absolute atomic E-state index is 11.1. The number of anilines is 1. The van der Waals surface area contributed by atoms with Gasteiger partial charge in [0.05, 0.1) is 24.1 Å². The highest BCUT2D eigenvalue weighted by atomic mass is 16.6. The van der Waals surface area contributed by atoms with E-state index in [2.05, 4.69) is 0 Å². The first-order chi connectivity index (χ1) is 8.63. The highest BCUT2D eigenvalue weighted by Gasteiger charge is 2.26. The molecule has 0 spiro atoms. The number of morpholine rings is 1. The summed E-state index contributed by atoms with van der Waals surface area (Å²) in [5.41, 5.74) is 1.50. The minimum absolute atomic E-state index is 0.0774. The lowest BCUT2D eigenvalue weighted by atomic mass is 10.1. The Morgan fingerprint density at radius 1 is 1.61 bits per heavy atom. The van der Waals surface area contributed by atoms with E-state index in [-0.39, 0.29) is 10.6 Å². The van der Waals surface area contributed by atoms with Crippen molar-refractivity contribution in [2.75, 3.05) is 24.6 Å². The molecule has 0 aromatic heterocycles. The Hall–Kier alpha value is -2.13. The third-order valence-electron chi connectivity index (χ3n) is 2.94. The summed E-state index contributed by atoms with van der Waals surface area (Å²) in [5.74, 6) is 0. The van der Waals surface area contributed by atoms with Gasteiger partial charge in [0.15, 0.2) is 6.10 Å². The van der Waals surface area contributed by atoms with Gasteiger partial charge in [-0.2, -0.15) is 5.26 Å². The highest BCUT2D eigenvalue weighted by Crippen LogP contribution is 2.32. The number of benzene rings is 1. The first-order valence-corrected chi connectivity index (χ1v) is 5.63. The number of nitriles is 1. The molecule has 1 aliphatic heterocycles. The third-order valence-corrected chi connectivity index (χ3v) is 2.94. The van der Waals surface area contributed by atoms with E-state index < -0.39 is 6.10 Å². The second-order valence-corrected chi connectivity index (χ2v) is 4.13. The number of hydrogen-bond acceptors (Lipinski definition) is 5. The first kappa shape index (κ1) is 12.3. The fourth-order valence-corrected chi connectivity index (χ4v) is 2.13. The Labute approximate surface area is 105 Å². The van der Waals surface area contributed by atoms with E-state index in [1.165, 1.54) is 6.07 Å². The lowest BCUT2D eigenvalue weighted by Gasteiger charge is -2.32. The monoisotopic (exact) mass is 247 g/mol. The number of nitrogens with zero attached hydrogens (tertiary/aromatic N) is 3. The van der Waals surface area contributed by atoms with Crippen molar-refractivity contribution in [2.45, 2.75) is 13.0 Å². The number of nitro benzene ring substituents is 1. The standard InChI is InChI=1S/C12H13N3O3/c1-9-3-2-4-11(15(16)17)12(9)14-5-6-18-10(7-13)8-14/h2-4,10H,5-6,8H2,1H3. The summed E-state index contributed by atoms with van der Waals surface area (Å²) in [5, 5.41) is 19.9. The van der Waals surface area contributed by atoms with Crippen LogP contribution >= 0.6 is 0 Å². The summed E-state index contributed by atoms with van der Waals surface area (Å²) >= 11 is 0. The maximum Gasteiger partial charge on any atom is 0.292 e. The summed E-state index contributed by atoms with van der Waals surface area (Å²) in [6.45, 7) is 3.16. The molecule has 1 saturated heterocycles. The summed E-state index contributed by atoms with van der Waals surface area (Å²) < 4.78 is 5.25. The fraction of sp³-hybridized carbons (Fsp3) is 0.417. The molecule has 0 radical (unpaired) electrons. The van der Waals surface area contributed by atoms with Gasteiger partial charge >= 0.3 is 0 Å². The molecule has 18 heavy (non-hydrogen) atoms. The highest BCUT2D eigenvalue weighted by molar-refractivity contribution is 5.68. The molecule has 0 N–H and O–H groups in total. The zero-order chi connectivity index (χ0) is 13.1. The van der Waals surface area contributed by atoms with Crippen molar-refractivity contribution in [1.82, 2.24) is 0 Å². The topological polar surface area (TPSA) is 79.4 Å². The van der Waals surface area contributed by atoms with E-state index in [1.807, 2.05) is 24.0 Å². The molecule has 1 aromatic carbocycles. The van der Waals surface area contributed by atoms with Gasteiger partial charge in [-0.15, -0.1) is 0 Å². The molecular formula is C12H13N3O3. The van der Waals surface area contributed by atoms with Crippen LogP contribution in [0.5, 0.6) is 0 Å². The molecule has 0 bridgehead atoms. The smallest absolute Gasteiger partial charge is 0.292 e. The minimum Gasteiger partial charge on any atom is -0.360 e. The van der Waals surface area contributed by atoms with Gasteiger partial charge < -0.3 is 9.64 Å². The first-order valence-electron chi connectivity index (χ1n) is 5.63. The number of para-hydroxylation sites is 1. The van der Waals surface area contributed by atoms with E-state index in [1.54, 1.807) is 6.07 Å². The molecule has 1 aliphatic rings. The van der Waals surface area contributed by atoms with E-state index in [0.717, 1.165) is 5.56 Å². The van der Waals surface area contributed by atoms with Gasteiger partial charge in [-0.05, 0) is 12.5 Å². The molecule has 0 saturated carbocycles. The van der Waals surface area contributed by atoms with Crippen molar-refractivity contribution in [3.63, 3.8) is 0 Å². The van der Waals surface area contributed by atoms with Gasteiger partial charge in [0.25, 0.3) is 5.69 Å². The van der Waals surface area contributed by atoms with Crippen molar-refractivity contribution in [2.24, 2.45) is 0 Å². The predicted octanol–water partition coefficient (Wildman–Crippen LogP) is 1.63. The lowest BCUT2D eigenvalue weighted by molar-refractivity contribution is -0.384. The Kier molecular flexibility index (Phi) is 3.44. The van der Waals surface area contributed by atoms with Crippen molar-refractivity contribution < 1.29 is 9.66 Å². The van der Waals surface area contributed by atoms with Gasteiger partial charge in [0, 0.05) is 12.6 Å². The molecule has 0 aliphatic carbocycles. The minimum atomic E-state index is -0.530. The van der Waals surface area contributed by atoms with Crippen LogP contribution in [0.4, 0.5) is 11.4 Å². The van der Waals surface area contributed by atoms with E-state index in [4.69, 9.17) is 10.00 Å². The van der Waals surface area contributed by atoms with Gasteiger partial charge in [0.2, 0.25) is 0 Å². The molecule has 2 rings (SSSR count). The van der Waals surface area contributed by atoms with E-state index in [9.17, 15) is 10.1 Å². The number of nitro groups is 1. The Bertz CT molecular complexity index is 510. The zero-order valence-electron chi connectivity index (χ0n) is 10.00. The van der Waals surface area contributed by atoms with E-state index in [0.29, 0.717) is 25.4 Å². The summed E-state index contributed by atoms with van der Waals surface area (Å²) in [4.78, 5) is 12.5. The van der Waals surface area contributed by atoms with Crippen LogP contribution < -0.4 is 4.90 Å². The van der Waals surface area contributed by atoms with Crippen molar-refractivity contribution >= 4 is 11.4 Å². The van der Waals surface area contributed by atoms with Crippen LogP contribution in [0.15, 0.2) is 18.2 Å². The van der Waals surface area contributed by atoms with Gasteiger partial charge in [-0.1, -0.05) is 12.1 Å². The quantitative estimate of drug-likeness (QED) is 0.586. The molecule has 1 atom stereocenters. The zero-order valence-corrected chi connectivity index (χ0v) is 10.00. The predicted molar refractivity (Wildman–Crippen MR) is 65.4 cm³/mol. The van der Waals surface area contributed by atoms with Crippen LogP contribution in [-0.2, 0) is 4.74 Å². The van der Waals surface area contributed by atoms with Crippen LogP contribution in [-0.4, -0.2) is 30.7 Å². The van der Waals surface area contributed by atoms with Gasteiger partial charge in [-0.25, -0.2) is 0 Å². The molecule has 1 unspecified atom stereocenters. The molecular weight excluding hydrogens is 234 g/mol. The SMILES string of the molecule is Cc1cccc([N+](=O)[O-])c1N1CCOC(C#N)C1. The molecule has 1 aromatic rings. The van der Waals surface area contributed by atoms with Crippen LogP contribution in [0.2, 0.25) is 0 Å². The average molecular weight is 247 g/mol. The van der Waals surface area contributed by atoms with Gasteiger partial charge in [0.1, 0.15) is 5.69 Å². The Balaban J connectivity index is 2.38. The van der Waals surface area contributed by atoms with Crippen LogP contribution in [0, 0.1) is 28.4 Å². The largest absolute Gasteiger partial charge is 0.360 e. The molecule has 6 nitrogen and oxygen atoms in total. The van der Waals surface area contributed by atoms with Crippen molar-refractivity contribution in [1.29, 1.82) is 5.26 Å². The molecule has 1 heterocycles. The third kappa shape index (κ3) is 2.26. The molecule has 0 amide bonds. The molecule has 6 heteroatoms. The molecule has 1 fully saturated rings. The van der Waals surface area contributed by atoms with Crippen LogP contribution in [0.1, 0.15) is 5.56 Å². The number of aryl methyl sites for hydroxylation is 1. The summed E-state index contributed by atoms with van der Waals surface area (Å²) in [7, 11) is 0. The maximum atomic E-state index is 11.1. The number of ether oxygens (including phenoxy) is 1. The van der Waals surface area contributed by atoms with Crippen LogP contribution in [0.25, 0.3) is 0 Å². The number of hydrogen-bond donors (Lipinski definition) is 0. The number of rotatable bonds is 2. The van der Waals surface area contributed by atoms with E-state index >= 15 is 0 Å². The Morgan fingerprint density at radius 3 is 3.06 bits per heavy atom.